The second-order valence-electron chi connectivity index (χ2n) is 3.60. The zero-order valence-corrected chi connectivity index (χ0v) is 11.7. The van der Waals surface area contributed by atoms with E-state index in [-0.39, 0.29) is 24.8 Å². The van der Waals surface area contributed by atoms with E-state index in [0.717, 1.165) is 0 Å². The molecular weight excluding hydrogens is 302 g/mol. The topological polar surface area (TPSA) is 78.6 Å². The molecule has 1 rings (SSSR count). The van der Waals surface area contributed by atoms with Crippen LogP contribution in [0.25, 0.3) is 0 Å². The highest BCUT2D eigenvalue weighted by Crippen LogP contribution is 2.31. The van der Waals surface area contributed by atoms with E-state index >= 15 is 0 Å². The molecular formula is C12H14BrNO4. The minimum absolute atomic E-state index is 0.101. The Bertz CT molecular complexity index is 473. The SMILES string of the molecule is COC(=O)CCOc1c(N)cc(Br)cc1C(C)=O. The van der Waals surface area contributed by atoms with Crippen LogP contribution in [0.4, 0.5) is 5.69 Å². The van der Waals surface area contributed by atoms with Crippen molar-refractivity contribution in [2.75, 3.05) is 19.5 Å². The van der Waals surface area contributed by atoms with E-state index in [1.807, 2.05) is 0 Å². The largest absolute Gasteiger partial charge is 0.490 e. The van der Waals surface area contributed by atoms with Crippen molar-refractivity contribution < 1.29 is 19.1 Å². The highest BCUT2D eigenvalue weighted by Gasteiger charge is 2.14. The number of nitrogen functional groups attached to an aromatic ring is 1. The molecule has 0 spiro atoms. The molecule has 0 atom stereocenters. The highest BCUT2D eigenvalue weighted by atomic mass is 79.9. The Kier molecular flexibility index (Phi) is 5.15. The maximum Gasteiger partial charge on any atom is 0.308 e. The fraction of sp³-hybridized carbons (Fsp3) is 0.333. The monoisotopic (exact) mass is 315 g/mol. The molecule has 0 fully saturated rings. The number of methoxy groups -OCH3 is 1. The molecule has 0 bridgehead atoms. The van der Waals surface area contributed by atoms with E-state index in [1.54, 1.807) is 12.1 Å². The molecule has 0 aliphatic carbocycles. The number of rotatable bonds is 5. The lowest BCUT2D eigenvalue weighted by Gasteiger charge is -2.12. The number of ether oxygens (including phenoxy) is 2. The number of benzene rings is 1. The predicted molar refractivity (Wildman–Crippen MR) is 70.7 cm³/mol. The van der Waals surface area contributed by atoms with Gasteiger partial charge in [0.25, 0.3) is 0 Å². The summed E-state index contributed by atoms with van der Waals surface area (Å²) >= 11 is 3.26. The van der Waals surface area contributed by atoms with Crippen LogP contribution in [-0.4, -0.2) is 25.5 Å². The molecule has 0 saturated carbocycles. The lowest BCUT2D eigenvalue weighted by atomic mass is 10.1. The number of ketones is 1. The fourth-order valence-electron chi connectivity index (χ4n) is 1.38. The van der Waals surface area contributed by atoms with Crippen molar-refractivity contribution in [1.29, 1.82) is 0 Å². The molecule has 6 heteroatoms. The van der Waals surface area contributed by atoms with Gasteiger partial charge in [0, 0.05) is 4.47 Å². The van der Waals surface area contributed by atoms with Crippen LogP contribution in [-0.2, 0) is 9.53 Å². The molecule has 18 heavy (non-hydrogen) atoms. The second kappa shape index (κ2) is 6.39. The summed E-state index contributed by atoms with van der Waals surface area (Å²) < 4.78 is 10.6. The van der Waals surface area contributed by atoms with Crippen molar-refractivity contribution in [3.8, 4) is 5.75 Å². The maximum absolute atomic E-state index is 11.5. The van der Waals surface area contributed by atoms with Gasteiger partial charge >= 0.3 is 5.97 Å². The van der Waals surface area contributed by atoms with Crippen LogP contribution < -0.4 is 10.5 Å². The van der Waals surface area contributed by atoms with Gasteiger partial charge in [0.1, 0.15) is 0 Å². The van der Waals surface area contributed by atoms with Gasteiger partial charge in [-0.1, -0.05) is 15.9 Å². The van der Waals surface area contributed by atoms with Gasteiger partial charge in [0.15, 0.2) is 11.5 Å². The quantitative estimate of drug-likeness (QED) is 0.512. The highest BCUT2D eigenvalue weighted by molar-refractivity contribution is 9.10. The summed E-state index contributed by atoms with van der Waals surface area (Å²) in [6.07, 6.45) is 0.101. The summed E-state index contributed by atoms with van der Waals surface area (Å²) in [5.41, 5.74) is 6.51. The number of halogens is 1. The first kappa shape index (κ1) is 14.5. The Morgan fingerprint density at radius 3 is 2.61 bits per heavy atom. The van der Waals surface area contributed by atoms with Crippen molar-refractivity contribution >= 4 is 33.4 Å². The van der Waals surface area contributed by atoms with E-state index in [4.69, 9.17) is 10.5 Å². The predicted octanol–water partition coefficient (Wildman–Crippen LogP) is 2.18. The first-order chi connectivity index (χ1) is 8.45. The first-order valence-corrected chi connectivity index (χ1v) is 6.04. The van der Waals surface area contributed by atoms with Crippen LogP contribution >= 0.6 is 15.9 Å². The molecule has 0 saturated heterocycles. The Hall–Kier alpha value is -1.56. The first-order valence-electron chi connectivity index (χ1n) is 5.25. The summed E-state index contributed by atoms with van der Waals surface area (Å²) in [5.74, 6) is -0.235. The number of hydrogen-bond acceptors (Lipinski definition) is 5. The van der Waals surface area contributed by atoms with Gasteiger partial charge in [-0.2, -0.15) is 0 Å². The number of anilines is 1. The van der Waals surface area contributed by atoms with E-state index in [9.17, 15) is 9.59 Å². The smallest absolute Gasteiger partial charge is 0.308 e. The molecule has 0 unspecified atom stereocenters. The molecule has 0 aliphatic rings. The third-order valence-electron chi connectivity index (χ3n) is 2.24. The summed E-state index contributed by atoms with van der Waals surface area (Å²) in [6, 6.07) is 3.27. The molecule has 5 nitrogen and oxygen atoms in total. The zero-order chi connectivity index (χ0) is 13.7. The number of carbonyl (C=O) groups excluding carboxylic acids is 2. The van der Waals surface area contributed by atoms with E-state index in [1.165, 1.54) is 14.0 Å². The zero-order valence-electron chi connectivity index (χ0n) is 10.2. The minimum Gasteiger partial charge on any atom is -0.490 e. The Labute approximate surface area is 113 Å². The van der Waals surface area contributed by atoms with Crippen LogP contribution in [0.2, 0.25) is 0 Å². The Balaban J connectivity index is 2.87. The molecule has 98 valence electrons. The minimum atomic E-state index is -0.380. The molecule has 0 amide bonds. The van der Waals surface area contributed by atoms with Crippen molar-refractivity contribution in [3.05, 3.63) is 22.2 Å². The second-order valence-corrected chi connectivity index (χ2v) is 4.52. The summed E-state index contributed by atoms with van der Waals surface area (Å²) in [4.78, 5) is 22.4. The Morgan fingerprint density at radius 2 is 2.06 bits per heavy atom. The van der Waals surface area contributed by atoms with Crippen molar-refractivity contribution in [3.63, 3.8) is 0 Å². The fourth-order valence-corrected chi connectivity index (χ4v) is 1.85. The summed E-state index contributed by atoms with van der Waals surface area (Å²) in [5, 5.41) is 0. The normalized spacial score (nSPS) is 9.94. The molecule has 0 heterocycles. The third kappa shape index (κ3) is 3.73. The number of hydrogen-bond donors (Lipinski definition) is 1. The molecule has 0 aliphatic heterocycles. The number of Topliss-reactive ketones (excluding diaryl/α,β-unsaturated/α-hetero) is 1. The van der Waals surface area contributed by atoms with Gasteiger partial charge < -0.3 is 15.2 Å². The van der Waals surface area contributed by atoms with Crippen molar-refractivity contribution in [2.45, 2.75) is 13.3 Å². The molecule has 0 radical (unpaired) electrons. The molecule has 2 N–H and O–H groups in total. The van der Waals surface area contributed by atoms with Crippen LogP contribution in [0.3, 0.4) is 0 Å². The maximum atomic E-state index is 11.5. The van der Waals surface area contributed by atoms with Crippen LogP contribution in [0.1, 0.15) is 23.7 Å². The average Bonchev–Trinajstić information content (AvgIpc) is 2.30. The number of nitrogens with two attached hydrogens (primary N) is 1. The van der Waals surface area contributed by atoms with Gasteiger partial charge in [0.05, 0.1) is 31.4 Å². The summed E-state index contributed by atoms with van der Waals surface area (Å²) in [6.45, 7) is 1.53. The van der Waals surface area contributed by atoms with Crippen molar-refractivity contribution in [2.24, 2.45) is 0 Å². The lowest BCUT2D eigenvalue weighted by Crippen LogP contribution is -2.10. The van der Waals surface area contributed by atoms with E-state index < -0.39 is 0 Å². The van der Waals surface area contributed by atoms with E-state index in [2.05, 4.69) is 20.7 Å². The van der Waals surface area contributed by atoms with Crippen LogP contribution in [0, 0.1) is 0 Å². The lowest BCUT2D eigenvalue weighted by molar-refractivity contribution is -0.141. The van der Waals surface area contributed by atoms with E-state index in [0.29, 0.717) is 21.5 Å². The summed E-state index contributed by atoms with van der Waals surface area (Å²) in [7, 11) is 1.30. The van der Waals surface area contributed by atoms with Crippen molar-refractivity contribution in [1.82, 2.24) is 0 Å². The average molecular weight is 316 g/mol. The molecule has 0 aromatic heterocycles. The van der Waals surface area contributed by atoms with Gasteiger partial charge in [-0.25, -0.2) is 0 Å². The molecule has 1 aromatic rings. The van der Waals surface area contributed by atoms with Gasteiger partial charge in [-0.15, -0.1) is 0 Å². The van der Waals surface area contributed by atoms with Gasteiger partial charge in [-0.3, -0.25) is 9.59 Å². The number of carbonyl (C=O) groups is 2. The third-order valence-corrected chi connectivity index (χ3v) is 2.70. The molecule has 1 aromatic carbocycles. The Morgan fingerprint density at radius 1 is 1.39 bits per heavy atom. The van der Waals surface area contributed by atoms with Crippen LogP contribution in [0.5, 0.6) is 5.75 Å². The standard InChI is InChI=1S/C12H14BrNO4/c1-7(15)9-5-8(13)6-10(14)12(9)18-4-3-11(16)17-2/h5-6H,3-4,14H2,1-2H3. The van der Waals surface area contributed by atoms with Gasteiger partial charge in [-0.05, 0) is 19.1 Å². The van der Waals surface area contributed by atoms with Gasteiger partial charge in [0.2, 0.25) is 0 Å². The van der Waals surface area contributed by atoms with Crippen LogP contribution in [0.15, 0.2) is 16.6 Å². The number of esters is 1.